The molecule has 1 atom stereocenters. The smallest absolute Gasteiger partial charge is 0.201 e. The maximum Gasteiger partial charge on any atom is 0.201 e. The number of aromatic nitrogens is 2. The van der Waals surface area contributed by atoms with E-state index in [1.54, 1.807) is 0 Å². The van der Waals surface area contributed by atoms with Crippen molar-refractivity contribution in [1.82, 2.24) is 9.55 Å². The first-order chi connectivity index (χ1) is 8.96. The summed E-state index contributed by atoms with van der Waals surface area (Å²) >= 11 is 0. The molecule has 2 heterocycles. The second-order valence-electron chi connectivity index (χ2n) is 5.29. The number of rotatable bonds is 2. The van der Waals surface area contributed by atoms with Gasteiger partial charge in [0.2, 0.25) is 5.95 Å². The molecule has 19 heavy (non-hydrogen) atoms. The molecule has 1 unspecified atom stereocenters. The molecule has 1 aromatic carbocycles. The van der Waals surface area contributed by atoms with Crippen molar-refractivity contribution in [2.24, 2.45) is 5.92 Å². The molecular formula is C13H17N3O2S. The lowest BCUT2D eigenvalue weighted by molar-refractivity contribution is 0.502. The molecule has 0 amide bonds. The van der Waals surface area contributed by atoms with Gasteiger partial charge in [-0.25, -0.2) is 13.4 Å². The third-order valence-electron chi connectivity index (χ3n) is 3.77. The highest BCUT2D eigenvalue weighted by molar-refractivity contribution is 7.91. The van der Waals surface area contributed by atoms with Gasteiger partial charge < -0.3 is 10.3 Å². The van der Waals surface area contributed by atoms with Crippen molar-refractivity contribution in [2.75, 3.05) is 17.2 Å². The minimum absolute atomic E-state index is 0.143. The van der Waals surface area contributed by atoms with Crippen LogP contribution in [0.25, 0.3) is 11.0 Å². The number of nitrogen functional groups attached to an aromatic ring is 1. The van der Waals surface area contributed by atoms with Crippen molar-refractivity contribution in [1.29, 1.82) is 0 Å². The van der Waals surface area contributed by atoms with E-state index in [-0.39, 0.29) is 11.7 Å². The zero-order valence-electron chi connectivity index (χ0n) is 10.8. The number of fused-ring (bicyclic) bond motifs is 1. The molecule has 2 N–H and O–H groups in total. The van der Waals surface area contributed by atoms with Gasteiger partial charge in [-0.15, -0.1) is 0 Å². The molecule has 0 saturated carbocycles. The Bertz CT molecular complexity index is 734. The van der Waals surface area contributed by atoms with E-state index < -0.39 is 9.84 Å². The Hall–Kier alpha value is -1.56. The van der Waals surface area contributed by atoms with Crippen LogP contribution in [-0.4, -0.2) is 29.5 Å². The molecule has 1 saturated heterocycles. The summed E-state index contributed by atoms with van der Waals surface area (Å²) < 4.78 is 25.0. The fourth-order valence-electron chi connectivity index (χ4n) is 2.84. The van der Waals surface area contributed by atoms with E-state index in [0.717, 1.165) is 16.6 Å². The number of para-hydroxylation sites is 1. The number of aryl methyl sites for hydroxylation is 1. The van der Waals surface area contributed by atoms with E-state index in [2.05, 4.69) is 4.98 Å². The van der Waals surface area contributed by atoms with Crippen LogP contribution >= 0.6 is 0 Å². The van der Waals surface area contributed by atoms with Crippen LogP contribution in [0, 0.1) is 12.8 Å². The van der Waals surface area contributed by atoms with Crippen molar-refractivity contribution >= 4 is 26.8 Å². The lowest BCUT2D eigenvalue weighted by Gasteiger charge is -2.12. The number of nitrogens with zero attached hydrogens (tertiary/aromatic N) is 2. The molecule has 0 radical (unpaired) electrons. The molecule has 5 nitrogen and oxygen atoms in total. The van der Waals surface area contributed by atoms with E-state index in [1.807, 2.05) is 29.7 Å². The van der Waals surface area contributed by atoms with Crippen LogP contribution in [0.15, 0.2) is 18.2 Å². The summed E-state index contributed by atoms with van der Waals surface area (Å²) in [5.41, 5.74) is 8.98. The van der Waals surface area contributed by atoms with Crippen molar-refractivity contribution in [3.63, 3.8) is 0 Å². The number of hydrogen-bond acceptors (Lipinski definition) is 4. The summed E-state index contributed by atoms with van der Waals surface area (Å²) in [6.45, 7) is 2.65. The van der Waals surface area contributed by atoms with Gasteiger partial charge in [0.25, 0.3) is 0 Å². The average Bonchev–Trinajstić information content (AvgIpc) is 2.81. The zero-order chi connectivity index (χ0) is 13.6. The molecule has 1 aromatic heterocycles. The van der Waals surface area contributed by atoms with Gasteiger partial charge in [-0.1, -0.05) is 12.1 Å². The summed E-state index contributed by atoms with van der Waals surface area (Å²) in [6.07, 6.45) is 0.716. The maximum absolute atomic E-state index is 11.5. The minimum Gasteiger partial charge on any atom is -0.369 e. The fourth-order valence-corrected chi connectivity index (χ4v) is 4.69. The molecule has 0 aliphatic carbocycles. The Balaban J connectivity index is 1.99. The van der Waals surface area contributed by atoms with Crippen LogP contribution in [0.5, 0.6) is 0 Å². The third kappa shape index (κ3) is 2.20. The highest BCUT2D eigenvalue weighted by Gasteiger charge is 2.29. The molecule has 3 rings (SSSR count). The monoisotopic (exact) mass is 279 g/mol. The molecule has 0 spiro atoms. The van der Waals surface area contributed by atoms with Gasteiger partial charge in [-0.3, -0.25) is 0 Å². The second-order valence-corrected chi connectivity index (χ2v) is 7.52. The van der Waals surface area contributed by atoms with Gasteiger partial charge in [0.1, 0.15) is 0 Å². The summed E-state index contributed by atoms with van der Waals surface area (Å²) in [4.78, 5) is 4.34. The Morgan fingerprint density at radius 1 is 1.47 bits per heavy atom. The largest absolute Gasteiger partial charge is 0.369 e. The quantitative estimate of drug-likeness (QED) is 0.900. The number of benzene rings is 1. The SMILES string of the molecule is Cc1cccc2nc(N)n(CC3CCS(=O)(=O)C3)c12. The fraction of sp³-hybridized carbons (Fsp3) is 0.462. The number of anilines is 1. The first kappa shape index (κ1) is 12.5. The molecule has 0 bridgehead atoms. The van der Waals surface area contributed by atoms with Gasteiger partial charge >= 0.3 is 0 Å². The Morgan fingerprint density at radius 3 is 2.95 bits per heavy atom. The van der Waals surface area contributed by atoms with Crippen LogP contribution in [0.2, 0.25) is 0 Å². The molecule has 1 fully saturated rings. The second kappa shape index (κ2) is 4.23. The van der Waals surface area contributed by atoms with Crippen molar-refractivity contribution < 1.29 is 8.42 Å². The van der Waals surface area contributed by atoms with Crippen molar-refractivity contribution in [3.05, 3.63) is 23.8 Å². The number of sulfone groups is 1. The van der Waals surface area contributed by atoms with E-state index in [1.165, 1.54) is 0 Å². The van der Waals surface area contributed by atoms with E-state index >= 15 is 0 Å². The Kier molecular flexibility index (Phi) is 2.78. The normalized spacial score (nSPS) is 22.1. The first-order valence-corrected chi connectivity index (χ1v) is 8.20. The van der Waals surface area contributed by atoms with Gasteiger partial charge in [-0.05, 0) is 30.9 Å². The Labute approximate surface area is 112 Å². The van der Waals surface area contributed by atoms with Crippen LogP contribution < -0.4 is 5.73 Å². The topological polar surface area (TPSA) is 78.0 Å². The maximum atomic E-state index is 11.5. The number of hydrogen-bond donors (Lipinski definition) is 1. The van der Waals surface area contributed by atoms with Gasteiger partial charge in [0.15, 0.2) is 9.84 Å². The van der Waals surface area contributed by atoms with Crippen LogP contribution in [0.4, 0.5) is 5.95 Å². The summed E-state index contributed by atoms with van der Waals surface area (Å²) in [5.74, 6) is 1.17. The van der Waals surface area contributed by atoms with E-state index in [4.69, 9.17) is 5.73 Å². The zero-order valence-corrected chi connectivity index (χ0v) is 11.7. The predicted molar refractivity (Wildman–Crippen MR) is 75.6 cm³/mol. The van der Waals surface area contributed by atoms with Crippen molar-refractivity contribution in [2.45, 2.75) is 19.9 Å². The summed E-state index contributed by atoms with van der Waals surface area (Å²) in [7, 11) is -2.85. The standard InChI is InChI=1S/C13H17N3O2S/c1-9-3-2-4-11-12(9)16(13(14)15-11)7-10-5-6-19(17,18)8-10/h2-4,10H,5-8H2,1H3,(H2,14,15). The summed E-state index contributed by atoms with van der Waals surface area (Å²) in [5, 5.41) is 0. The molecule has 2 aromatic rings. The molecule has 1 aliphatic rings. The number of nitrogens with two attached hydrogens (primary N) is 1. The Morgan fingerprint density at radius 2 is 2.26 bits per heavy atom. The molecule has 102 valence electrons. The van der Waals surface area contributed by atoms with E-state index in [9.17, 15) is 8.42 Å². The number of imidazole rings is 1. The van der Waals surface area contributed by atoms with E-state index in [0.29, 0.717) is 24.7 Å². The highest BCUT2D eigenvalue weighted by Crippen LogP contribution is 2.26. The van der Waals surface area contributed by atoms with Crippen molar-refractivity contribution in [3.8, 4) is 0 Å². The van der Waals surface area contributed by atoms with Gasteiger partial charge in [-0.2, -0.15) is 0 Å². The van der Waals surface area contributed by atoms with Crippen LogP contribution in [0.1, 0.15) is 12.0 Å². The third-order valence-corrected chi connectivity index (χ3v) is 5.60. The molecule has 6 heteroatoms. The molecule has 1 aliphatic heterocycles. The lowest BCUT2D eigenvalue weighted by Crippen LogP contribution is -2.14. The van der Waals surface area contributed by atoms with Crippen LogP contribution in [0.3, 0.4) is 0 Å². The van der Waals surface area contributed by atoms with Crippen LogP contribution in [-0.2, 0) is 16.4 Å². The average molecular weight is 279 g/mol. The lowest BCUT2D eigenvalue weighted by atomic mass is 10.1. The highest BCUT2D eigenvalue weighted by atomic mass is 32.2. The first-order valence-electron chi connectivity index (χ1n) is 6.38. The van der Waals surface area contributed by atoms with Gasteiger partial charge in [0.05, 0.1) is 22.5 Å². The minimum atomic E-state index is -2.85. The predicted octanol–water partition coefficient (Wildman–Crippen LogP) is 1.36. The summed E-state index contributed by atoms with van der Waals surface area (Å²) in [6, 6.07) is 5.90. The molecular weight excluding hydrogens is 262 g/mol. The van der Waals surface area contributed by atoms with Gasteiger partial charge in [0, 0.05) is 6.54 Å².